The SMILES string of the molecule is CCOP(=O)(OCC)/C(Cl)=C\[C@@H](Cc1ccc(O[Si](C)(C)C(C)(C)C)cc1)NC(=O)OC(C)(C)C. The maximum absolute atomic E-state index is 13.1. The third kappa shape index (κ3) is 10.7. The average molecular weight is 548 g/mol. The highest BCUT2D eigenvalue weighted by atomic mass is 35.5. The number of alkyl carbamates (subject to hydrolysis) is 1. The molecule has 35 heavy (non-hydrogen) atoms. The molecule has 1 aromatic carbocycles. The van der Waals surface area contributed by atoms with E-state index in [0.717, 1.165) is 11.3 Å². The second kappa shape index (κ2) is 12.8. The van der Waals surface area contributed by atoms with Gasteiger partial charge in [0.2, 0.25) is 8.32 Å². The zero-order chi connectivity index (χ0) is 27.1. The predicted octanol–water partition coefficient (Wildman–Crippen LogP) is 7.85. The Morgan fingerprint density at radius 2 is 1.57 bits per heavy atom. The number of nitrogens with one attached hydrogen (secondary N) is 1. The van der Waals surface area contributed by atoms with Crippen LogP contribution in [0.25, 0.3) is 0 Å². The Hall–Kier alpha value is -1.31. The number of carbonyl (C=O) groups is 1. The third-order valence-corrected chi connectivity index (χ3v) is 12.4. The van der Waals surface area contributed by atoms with E-state index in [9.17, 15) is 9.36 Å². The van der Waals surface area contributed by atoms with Gasteiger partial charge < -0.3 is 23.5 Å². The van der Waals surface area contributed by atoms with Crippen molar-refractivity contribution in [2.75, 3.05) is 13.2 Å². The van der Waals surface area contributed by atoms with E-state index in [2.05, 4.69) is 39.2 Å². The molecule has 0 aliphatic rings. The van der Waals surface area contributed by atoms with Gasteiger partial charge in [0.05, 0.1) is 19.3 Å². The molecule has 0 unspecified atom stereocenters. The summed E-state index contributed by atoms with van der Waals surface area (Å²) in [6.07, 6.45) is 1.27. The fourth-order valence-electron chi connectivity index (χ4n) is 2.76. The van der Waals surface area contributed by atoms with E-state index in [1.165, 1.54) is 6.08 Å². The van der Waals surface area contributed by atoms with Gasteiger partial charge in [0.1, 0.15) is 16.1 Å². The summed E-state index contributed by atoms with van der Waals surface area (Å²) in [6.45, 7) is 20.1. The van der Waals surface area contributed by atoms with Crippen LogP contribution < -0.4 is 9.74 Å². The molecule has 1 N–H and O–H groups in total. The Balaban J connectivity index is 3.18. The molecule has 0 bridgehead atoms. The molecule has 0 saturated carbocycles. The van der Waals surface area contributed by atoms with Crippen molar-refractivity contribution in [1.29, 1.82) is 0 Å². The Bertz CT molecular complexity index is 896. The van der Waals surface area contributed by atoms with Gasteiger partial charge in [-0.15, -0.1) is 0 Å². The molecule has 1 amide bonds. The van der Waals surface area contributed by atoms with Crippen molar-refractivity contribution in [3.63, 3.8) is 0 Å². The first kappa shape index (κ1) is 31.7. The normalized spacial score (nSPS) is 14.4. The number of amides is 1. The van der Waals surface area contributed by atoms with Gasteiger partial charge in [-0.05, 0) is 82.9 Å². The lowest BCUT2D eigenvalue weighted by Crippen LogP contribution is -2.43. The molecule has 1 aromatic rings. The highest BCUT2D eigenvalue weighted by molar-refractivity contribution is 7.61. The van der Waals surface area contributed by atoms with Crippen LogP contribution in [0.1, 0.15) is 61.0 Å². The Morgan fingerprint density at radius 1 is 1.06 bits per heavy atom. The summed E-state index contributed by atoms with van der Waals surface area (Å²) in [4.78, 5) is 12.5. The van der Waals surface area contributed by atoms with E-state index >= 15 is 0 Å². The van der Waals surface area contributed by atoms with Crippen LogP contribution in [-0.2, 0) is 24.8 Å². The van der Waals surface area contributed by atoms with Crippen LogP contribution in [0.5, 0.6) is 5.75 Å². The smallest absolute Gasteiger partial charge is 0.408 e. The van der Waals surface area contributed by atoms with Crippen molar-refractivity contribution in [3.05, 3.63) is 40.7 Å². The third-order valence-electron chi connectivity index (χ3n) is 5.46. The van der Waals surface area contributed by atoms with Crippen molar-refractivity contribution < 1.29 is 27.6 Å². The van der Waals surface area contributed by atoms with Gasteiger partial charge in [0, 0.05) is 0 Å². The number of rotatable bonds is 11. The number of ether oxygens (including phenoxy) is 1. The van der Waals surface area contributed by atoms with E-state index in [-0.39, 0.29) is 23.0 Å². The van der Waals surface area contributed by atoms with Crippen LogP contribution >= 0.6 is 19.2 Å². The molecule has 0 fully saturated rings. The number of hydrogen-bond acceptors (Lipinski definition) is 6. The zero-order valence-corrected chi connectivity index (χ0v) is 25.5. The van der Waals surface area contributed by atoms with E-state index in [0.29, 0.717) is 6.42 Å². The van der Waals surface area contributed by atoms with E-state index in [1.54, 1.807) is 34.6 Å². The van der Waals surface area contributed by atoms with E-state index < -0.39 is 33.6 Å². The number of benzene rings is 1. The minimum Gasteiger partial charge on any atom is -0.544 e. The fraction of sp³-hybridized carbons (Fsp3) is 0.640. The van der Waals surface area contributed by atoms with Crippen molar-refractivity contribution in [2.24, 2.45) is 0 Å². The molecular weight excluding hydrogens is 505 g/mol. The van der Waals surface area contributed by atoms with Gasteiger partial charge in [-0.3, -0.25) is 4.57 Å². The molecular formula is C25H43ClNO6PSi. The fourth-order valence-corrected chi connectivity index (χ4v) is 5.60. The second-order valence-corrected chi connectivity index (χ2v) is 18.2. The van der Waals surface area contributed by atoms with Crippen molar-refractivity contribution in [1.82, 2.24) is 5.32 Å². The molecule has 200 valence electrons. The largest absolute Gasteiger partial charge is 0.544 e. The topological polar surface area (TPSA) is 83.1 Å². The maximum Gasteiger partial charge on any atom is 0.408 e. The standard InChI is InChI=1S/C25H43ClNO6PSi/c1-11-30-34(29,31-12-2)22(26)18-20(27-23(28)32-24(3,4)5)17-19-13-15-21(16-14-19)33-35(9,10)25(6,7)8/h13-16,18,20H,11-12,17H2,1-10H3,(H,27,28)/b22-18-/t20-/m1/s1. The lowest BCUT2D eigenvalue weighted by atomic mass is 10.1. The van der Waals surface area contributed by atoms with Gasteiger partial charge in [0.15, 0.2) is 0 Å². The summed E-state index contributed by atoms with van der Waals surface area (Å²) in [5.74, 6) is 0.808. The molecule has 0 heterocycles. The van der Waals surface area contributed by atoms with Gasteiger partial charge in [-0.1, -0.05) is 44.5 Å². The monoisotopic (exact) mass is 547 g/mol. The summed E-state index contributed by atoms with van der Waals surface area (Å²) in [5.41, 5.74) is 0.258. The molecule has 7 nitrogen and oxygen atoms in total. The minimum absolute atomic E-state index is 0.0832. The van der Waals surface area contributed by atoms with Crippen LogP contribution in [0.15, 0.2) is 35.1 Å². The quantitative estimate of drug-likeness (QED) is 0.224. The molecule has 0 aliphatic heterocycles. The first-order chi connectivity index (χ1) is 15.9. The molecule has 1 rings (SSSR count). The molecule has 0 radical (unpaired) electrons. The maximum atomic E-state index is 13.1. The van der Waals surface area contributed by atoms with Crippen LogP contribution in [-0.4, -0.2) is 39.3 Å². The van der Waals surface area contributed by atoms with Gasteiger partial charge in [0.25, 0.3) is 0 Å². The van der Waals surface area contributed by atoms with Gasteiger partial charge in [-0.25, -0.2) is 4.79 Å². The van der Waals surface area contributed by atoms with Crippen LogP contribution in [0.2, 0.25) is 18.1 Å². The molecule has 0 aliphatic carbocycles. The van der Waals surface area contributed by atoms with Crippen LogP contribution in [0, 0.1) is 0 Å². The zero-order valence-electron chi connectivity index (χ0n) is 22.9. The van der Waals surface area contributed by atoms with E-state index in [1.807, 2.05) is 24.3 Å². The summed E-state index contributed by atoms with van der Waals surface area (Å²) >= 11 is 6.40. The first-order valence-electron chi connectivity index (χ1n) is 12.0. The summed E-state index contributed by atoms with van der Waals surface area (Å²) < 4.78 is 35.4. The molecule has 10 heteroatoms. The van der Waals surface area contributed by atoms with Crippen molar-refractivity contribution in [3.8, 4) is 5.75 Å². The summed E-state index contributed by atoms with van der Waals surface area (Å²) in [6, 6.07) is 7.13. The Labute approximate surface area is 217 Å². The van der Waals surface area contributed by atoms with Crippen molar-refractivity contribution >= 4 is 33.6 Å². The summed E-state index contributed by atoms with van der Waals surface area (Å²) in [5, 5.41) is 2.89. The minimum atomic E-state index is -3.68. The van der Waals surface area contributed by atoms with Gasteiger partial charge in [-0.2, -0.15) is 0 Å². The van der Waals surface area contributed by atoms with Crippen LogP contribution in [0.4, 0.5) is 4.79 Å². The number of carbonyl (C=O) groups excluding carboxylic acids is 1. The summed E-state index contributed by atoms with van der Waals surface area (Å²) in [7, 11) is -5.64. The number of hydrogen-bond donors (Lipinski definition) is 1. The van der Waals surface area contributed by atoms with Crippen LogP contribution in [0.3, 0.4) is 0 Å². The molecule has 0 spiro atoms. The Morgan fingerprint density at radius 3 is 2.00 bits per heavy atom. The lowest BCUT2D eigenvalue weighted by Gasteiger charge is -2.36. The highest BCUT2D eigenvalue weighted by Gasteiger charge is 2.39. The highest BCUT2D eigenvalue weighted by Crippen LogP contribution is 2.57. The predicted molar refractivity (Wildman–Crippen MR) is 146 cm³/mol. The lowest BCUT2D eigenvalue weighted by molar-refractivity contribution is 0.0514. The van der Waals surface area contributed by atoms with E-state index in [4.69, 9.17) is 29.8 Å². The van der Waals surface area contributed by atoms with Crippen molar-refractivity contribution in [2.45, 2.75) is 91.6 Å². The molecule has 0 aromatic heterocycles. The average Bonchev–Trinajstić information content (AvgIpc) is 2.67. The number of halogens is 1. The second-order valence-electron chi connectivity index (χ2n) is 10.8. The first-order valence-corrected chi connectivity index (χ1v) is 16.8. The van der Waals surface area contributed by atoms with Gasteiger partial charge >= 0.3 is 13.7 Å². The Kier molecular flexibility index (Phi) is 11.6. The molecule has 1 atom stereocenters. The molecule has 0 saturated heterocycles.